The molecule has 0 radical (unpaired) electrons. The molecular formula is C28H48O8S. The third-order valence-electron chi connectivity index (χ3n) is 11.3. The Balaban J connectivity index is 1.44. The number of rotatable bonds is 9. The van der Waals surface area contributed by atoms with E-state index in [1.54, 1.807) is 0 Å². The number of ether oxygens (including phenoxy) is 2. The van der Waals surface area contributed by atoms with Gasteiger partial charge in [0.25, 0.3) is 10.1 Å². The van der Waals surface area contributed by atoms with Crippen LogP contribution in [0.25, 0.3) is 0 Å². The van der Waals surface area contributed by atoms with Crippen molar-refractivity contribution < 1.29 is 37.1 Å². The van der Waals surface area contributed by atoms with Crippen molar-refractivity contribution in [3.05, 3.63) is 0 Å². The Kier molecular flexibility index (Phi) is 8.72. The van der Waals surface area contributed by atoms with Crippen molar-refractivity contribution in [3.63, 3.8) is 0 Å². The lowest BCUT2D eigenvalue weighted by molar-refractivity contribution is -0.209. The zero-order valence-electron chi connectivity index (χ0n) is 23.2. The molecule has 4 rings (SSSR count). The fourth-order valence-electron chi connectivity index (χ4n) is 9.32. The zero-order chi connectivity index (χ0) is 27.2. The van der Waals surface area contributed by atoms with Gasteiger partial charge in [0, 0.05) is 6.42 Å². The van der Waals surface area contributed by atoms with Crippen molar-refractivity contribution in [2.45, 2.75) is 96.9 Å². The van der Waals surface area contributed by atoms with E-state index in [1.807, 2.05) is 0 Å². The van der Waals surface area contributed by atoms with Gasteiger partial charge in [0.15, 0.2) is 0 Å². The summed E-state index contributed by atoms with van der Waals surface area (Å²) >= 11 is 0. The second-order valence-corrected chi connectivity index (χ2v) is 14.6. The third-order valence-corrected chi connectivity index (χ3v) is 11.9. The first-order chi connectivity index (χ1) is 17.3. The lowest BCUT2D eigenvalue weighted by Crippen LogP contribution is -2.62. The highest BCUT2D eigenvalue weighted by Crippen LogP contribution is 2.68. The molecule has 0 aromatic carbocycles. The van der Waals surface area contributed by atoms with Crippen molar-refractivity contribution in [1.29, 1.82) is 0 Å². The zero-order valence-corrected chi connectivity index (χ0v) is 24.0. The van der Waals surface area contributed by atoms with Gasteiger partial charge >= 0.3 is 5.97 Å². The Morgan fingerprint density at radius 2 is 1.78 bits per heavy atom. The molecule has 0 bridgehead atoms. The van der Waals surface area contributed by atoms with Crippen LogP contribution in [0.2, 0.25) is 0 Å². The number of hydrogen-bond donors (Lipinski definition) is 2. The second-order valence-electron chi connectivity index (χ2n) is 13.0. The molecule has 8 nitrogen and oxygen atoms in total. The fourth-order valence-corrected chi connectivity index (χ4v) is 9.69. The second kappa shape index (κ2) is 11.0. The first kappa shape index (κ1) is 29.2. The predicted octanol–water partition coefficient (Wildman–Crippen LogP) is 3.54. The molecule has 4 saturated carbocycles. The van der Waals surface area contributed by atoms with Crippen LogP contribution in [0, 0.1) is 46.3 Å². The standard InChI is InChI=1S/C28H48O8S/c1-17(6-9-25(31)34-4)20-7-8-21-26-22(16-24(30)28(20,21)3)27(2)11-10-19(14-18(27)15-23(26)29)35-12-13-36-37(5,32)33/h17-24,26,29-30H,6-16H2,1-5H3. The highest BCUT2D eigenvalue weighted by molar-refractivity contribution is 7.85. The molecular weight excluding hydrogens is 496 g/mol. The van der Waals surface area contributed by atoms with Crippen LogP contribution in [0.1, 0.15) is 78.6 Å². The Morgan fingerprint density at radius 3 is 2.46 bits per heavy atom. The summed E-state index contributed by atoms with van der Waals surface area (Å²) in [6, 6.07) is 0. The number of carbonyl (C=O) groups is 1. The number of esters is 1. The fraction of sp³-hybridized carbons (Fsp3) is 0.964. The summed E-state index contributed by atoms with van der Waals surface area (Å²) < 4.78 is 38.0. The summed E-state index contributed by atoms with van der Waals surface area (Å²) in [5.41, 5.74) is -0.204. The molecule has 0 aromatic heterocycles. The van der Waals surface area contributed by atoms with E-state index in [1.165, 1.54) is 7.11 Å². The molecule has 0 aromatic rings. The lowest BCUT2D eigenvalue weighted by Gasteiger charge is -2.63. The maximum absolute atomic E-state index is 11.8. The summed E-state index contributed by atoms with van der Waals surface area (Å²) in [6.07, 6.45) is 7.69. The first-order valence-corrected chi connectivity index (χ1v) is 16.0. The van der Waals surface area contributed by atoms with Crippen LogP contribution in [0.3, 0.4) is 0 Å². The maximum Gasteiger partial charge on any atom is 0.305 e. The van der Waals surface area contributed by atoms with Gasteiger partial charge < -0.3 is 19.7 Å². The summed E-state index contributed by atoms with van der Waals surface area (Å²) in [6.45, 7) is 7.08. The van der Waals surface area contributed by atoms with E-state index in [0.717, 1.165) is 57.6 Å². The number of aliphatic hydroxyl groups excluding tert-OH is 2. The highest BCUT2D eigenvalue weighted by Gasteiger charge is 2.65. The molecule has 4 fully saturated rings. The minimum atomic E-state index is -3.47. The molecule has 37 heavy (non-hydrogen) atoms. The topological polar surface area (TPSA) is 119 Å². The molecule has 0 heterocycles. The number of aliphatic hydroxyl groups is 2. The highest BCUT2D eigenvalue weighted by atomic mass is 32.2. The van der Waals surface area contributed by atoms with Crippen LogP contribution >= 0.6 is 0 Å². The summed E-state index contributed by atoms with van der Waals surface area (Å²) in [7, 11) is -2.04. The summed E-state index contributed by atoms with van der Waals surface area (Å²) in [4.78, 5) is 11.8. The van der Waals surface area contributed by atoms with E-state index >= 15 is 0 Å². The quantitative estimate of drug-likeness (QED) is 0.257. The molecule has 0 aliphatic heterocycles. The van der Waals surface area contributed by atoms with Crippen molar-refractivity contribution in [2.24, 2.45) is 46.3 Å². The molecule has 0 spiro atoms. The average Bonchev–Trinajstić information content (AvgIpc) is 3.19. The molecule has 9 heteroatoms. The van der Waals surface area contributed by atoms with Gasteiger partial charge in [-0.3, -0.25) is 8.98 Å². The number of carbonyl (C=O) groups excluding carboxylic acids is 1. The predicted molar refractivity (Wildman–Crippen MR) is 139 cm³/mol. The molecule has 4 aliphatic rings. The smallest absolute Gasteiger partial charge is 0.305 e. The van der Waals surface area contributed by atoms with E-state index in [9.17, 15) is 23.4 Å². The van der Waals surface area contributed by atoms with Gasteiger partial charge in [-0.2, -0.15) is 8.42 Å². The molecule has 0 saturated heterocycles. The average molecular weight is 545 g/mol. The van der Waals surface area contributed by atoms with Crippen LogP contribution in [-0.2, 0) is 28.6 Å². The van der Waals surface area contributed by atoms with Crippen LogP contribution in [0.4, 0.5) is 0 Å². The van der Waals surface area contributed by atoms with E-state index in [0.29, 0.717) is 24.2 Å². The van der Waals surface area contributed by atoms with Crippen molar-refractivity contribution in [1.82, 2.24) is 0 Å². The van der Waals surface area contributed by atoms with Gasteiger partial charge in [-0.05, 0) is 97.7 Å². The normalized spacial score (nSPS) is 44.4. The van der Waals surface area contributed by atoms with Crippen molar-refractivity contribution >= 4 is 16.1 Å². The minimum Gasteiger partial charge on any atom is -0.469 e. The summed E-state index contributed by atoms with van der Waals surface area (Å²) in [5, 5.41) is 23.3. The van der Waals surface area contributed by atoms with E-state index in [4.69, 9.17) is 13.7 Å². The van der Waals surface area contributed by atoms with Crippen LogP contribution in [-0.4, -0.2) is 69.5 Å². The summed E-state index contributed by atoms with van der Waals surface area (Å²) in [5.74, 6) is 1.51. The molecule has 11 atom stereocenters. The van der Waals surface area contributed by atoms with Crippen LogP contribution in [0.15, 0.2) is 0 Å². The van der Waals surface area contributed by atoms with E-state index in [2.05, 4.69) is 20.8 Å². The Labute approximate surface area is 222 Å². The Hall–Kier alpha value is -0.740. The van der Waals surface area contributed by atoms with Crippen molar-refractivity contribution in [2.75, 3.05) is 26.6 Å². The molecule has 2 N–H and O–H groups in total. The number of methoxy groups -OCH3 is 1. The van der Waals surface area contributed by atoms with Gasteiger partial charge in [0.05, 0.1) is 44.9 Å². The molecule has 4 aliphatic carbocycles. The van der Waals surface area contributed by atoms with Gasteiger partial charge in [0.1, 0.15) is 0 Å². The first-order valence-electron chi connectivity index (χ1n) is 14.2. The van der Waals surface area contributed by atoms with Crippen LogP contribution in [0.5, 0.6) is 0 Å². The van der Waals surface area contributed by atoms with E-state index < -0.39 is 22.3 Å². The molecule has 214 valence electrons. The maximum atomic E-state index is 11.8. The van der Waals surface area contributed by atoms with Crippen LogP contribution < -0.4 is 0 Å². The lowest BCUT2D eigenvalue weighted by atomic mass is 9.43. The SMILES string of the molecule is COC(=O)CCC(C)C1CCC2C3C(O)CC4CC(OCCOS(C)(=O)=O)CCC4(C)C3CC(O)C12C. The monoisotopic (exact) mass is 544 g/mol. The van der Waals surface area contributed by atoms with E-state index in [-0.39, 0.29) is 53.9 Å². The Bertz CT molecular complexity index is 923. The molecule has 0 amide bonds. The minimum absolute atomic E-state index is 0.0241. The van der Waals surface area contributed by atoms with Crippen molar-refractivity contribution in [3.8, 4) is 0 Å². The van der Waals surface area contributed by atoms with Gasteiger partial charge in [-0.25, -0.2) is 0 Å². The Morgan fingerprint density at radius 1 is 1.05 bits per heavy atom. The number of fused-ring (bicyclic) bond motifs is 5. The molecule has 11 unspecified atom stereocenters. The van der Waals surface area contributed by atoms with Gasteiger partial charge in [-0.1, -0.05) is 20.8 Å². The number of hydrogen-bond acceptors (Lipinski definition) is 8. The largest absolute Gasteiger partial charge is 0.469 e. The third kappa shape index (κ3) is 5.63. The van der Waals surface area contributed by atoms with Gasteiger partial charge in [0.2, 0.25) is 0 Å². The van der Waals surface area contributed by atoms with Gasteiger partial charge in [-0.15, -0.1) is 0 Å².